The van der Waals surface area contributed by atoms with Gasteiger partial charge in [-0.2, -0.15) is 0 Å². The highest BCUT2D eigenvalue weighted by Crippen LogP contribution is 2.20. The fourth-order valence-corrected chi connectivity index (χ4v) is 2.19. The Hall–Kier alpha value is -3.02. The monoisotopic (exact) mass is 299 g/mol. The van der Waals surface area contributed by atoms with Crippen molar-refractivity contribution in [1.29, 1.82) is 0 Å². The number of nitrogens with one attached hydrogen (secondary N) is 1. The average Bonchev–Trinajstić information content (AvgIpc) is 3.18. The first-order valence-electron chi connectivity index (χ1n) is 6.58. The number of carbonyl (C=O) groups excluding carboxylic acids is 2. The standard InChI is InChI=1S/C16H13NO5/c1-20-15(18)11-6-7-21-14(11)9-22-16(19)12-8-17-13-5-3-2-4-10(12)13/h2-8,17H,9H2,1H3. The lowest BCUT2D eigenvalue weighted by Crippen LogP contribution is -2.08. The third kappa shape index (κ3) is 2.46. The number of aromatic amines is 1. The van der Waals surface area contributed by atoms with Crippen LogP contribution in [0.1, 0.15) is 26.5 Å². The normalized spacial score (nSPS) is 10.6. The summed E-state index contributed by atoms with van der Waals surface area (Å²) in [6, 6.07) is 8.89. The van der Waals surface area contributed by atoms with Gasteiger partial charge in [-0.05, 0) is 12.1 Å². The summed E-state index contributed by atoms with van der Waals surface area (Å²) in [5, 5.41) is 0.778. The van der Waals surface area contributed by atoms with Crippen LogP contribution in [0.15, 0.2) is 47.2 Å². The van der Waals surface area contributed by atoms with Crippen LogP contribution in [0, 0.1) is 0 Å². The Morgan fingerprint density at radius 2 is 1.95 bits per heavy atom. The molecule has 1 aromatic carbocycles. The molecule has 1 N–H and O–H groups in total. The molecule has 3 rings (SSSR count). The predicted octanol–water partition coefficient (Wildman–Crippen LogP) is 2.90. The molecule has 2 aromatic heterocycles. The number of benzene rings is 1. The number of methoxy groups -OCH3 is 1. The van der Waals surface area contributed by atoms with E-state index >= 15 is 0 Å². The fraction of sp³-hybridized carbons (Fsp3) is 0.125. The molecule has 3 aromatic rings. The Balaban J connectivity index is 1.76. The first-order valence-corrected chi connectivity index (χ1v) is 6.58. The minimum Gasteiger partial charge on any atom is -0.465 e. The van der Waals surface area contributed by atoms with Crippen molar-refractivity contribution < 1.29 is 23.5 Å². The van der Waals surface area contributed by atoms with Crippen LogP contribution in [0.5, 0.6) is 0 Å². The molecule has 0 radical (unpaired) electrons. The van der Waals surface area contributed by atoms with Crippen molar-refractivity contribution >= 4 is 22.8 Å². The van der Waals surface area contributed by atoms with Crippen molar-refractivity contribution in [3.05, 3.63) is 59.7 Å². The Bertz CT molecular complexity index is 830. The minimum atomic E-state index is -0.535. The number of esters is 2. The van der Waals surface area contributed by atoms with Gasteiger partial charge in [0, 0.05) is 17.1 Å². The van der Waals surface area contributed by atoms with Crippen molar-refractivity contribution in [3.8, 4) is 0 Å². The van der Waals surface area contributed by atoms with Crippen LogP contribution in [-0.2, 0) is 16.1 Å². The average molecular weight is 299 g/mol. The van der Waals surface area contributed by atoms with Crippen LogP contribution >= 0.6 is 0 Å². The van der Waals surface area contributed by atoms with Gasteiger partial charge in [0.2, 0.25) is 0 Å². The van der Waals surface area contributed by atoms with Crippen molar-refractivity contribution in [2.24, 2.45) is 0 Å². The summed E-state index contributed by atoms with van der Waals surface area (Å²) in [6.45, 7) is -0.143. The van der Waals surface area contributed by atoms with E-state index in [1.807, 2.05) is 24.3 Å². The number of hydrogen-bond donors (Lipinski definition) is 1. The van der Waals surface area contributed by atoms with E-state index in [4.69, 9.17) is 9.15 Å². The van der Waals surface area contributed by atoms with Crippen molar-refractivity contribution in [2.45, 2.75) is 6.61 Å². The highest BCUT2D eigenvalue weighted by Gasteiger charge is 2.18. The quantitative estimate of drug-likeness (QED) is 0.749. The second-order valence-electron chi connectivity index (χ2n) is 4.57. The van der Waals surface area contributed by atoms with Crippen LogP contribution in [0.3, 0.4) is 0 Å². The molecule has 2 heterocycles. The maximum absolute atomic E-state index is 12.2. The molecule has 0 atom stereocenters. The number of fused-ring (bicyclic) bond motifs is 1. The minimum absolute atomic E-state index is 0.143. The summed E-state index contributed by atoms with van der Waals surface area (Å²) in [7, 11) is 1.27. The molecule has 0 fully saturated rings. The predicted molar refractivity (Wildman–Crippen MR) is 77.5 cm³/mol. The molecule has 0 aliphatic heterocycles. The maximum atomic E-state index is 12.2. The molecule has 0 spiro atoms. The Morgan fingerprint density at radius 3 is 2.77 bits per heavy atom. The van der Waals surface area contributed by atoms with Gasteiger partial charge in [-0.25, -0.2) is 9.59 Å². The Morgan fingerprint density at radius 1 is 1.14 bits per heavy atom. The number of ether oxygens (including phenoxy) is 2. The van der Waals surface area contributed by atoms with E-state index in [0.717, 1.165) is 10.9 Å². The molecule has 0 aliphatic rings. The fourth-order valence-electron chi connectivity index (χ4n) is 2.19. The SMILES string of the molecule is COC(=O)c1ccoc1COC(=O)c1c[nH]c2ccccc12. The third-order valence-corrected chi connectivity index (χ3v) is 3.29. The molecule has 22 heavy (non-hydrogen) atoms. The molecule has 0 saturated carbocycles. The Labute approximate surface area is 125 Å². The highest BCUT2D eigenvalue weighted by atomic mass is 16.5. The van der Waals surface area contributed by atoms with Gasteiger partial charge in [0.15, 0.2) is 12.4 Å². The van der Waals surface area contributed by atoms with Gasteiger partial charge < -0.3 is 18.9 Å². The molecule has 0 bridgehead atoms. The van der Waals surface area contributed by atoms with Gasteiger partial charge >= 0.3 is 11.9 Å². The molecular formula is C16H13NO5. The molecule has 6 heteroatoms. The molecule has 0 saturated heterocycles. The second kappa shape index (κ2) is 5.77. The lowest BCUT2D eigenvalue weighted by molar-refractivity contribution is 0.0434. The molecule has 0 aliphatic carbocycles. The third-order valence-electron chi connectivity index (χ3n) is 3.29. The van der Waals surface area contributed by atoms with Crippen LogP contribution < -0.4 is 0 Å². The summed E-state index contributed by atoms with van der Waals surface area (Å²) in [5.41, 5.74) is 1.53. The number of rotatable bonds is 4. The van der Waals surface area contributed by atoms with E-state index < -0.39 is 11.9 Å². The maximum Gasteiger partial charge on any atom is 0.341 e. The van der Waals surface area contributed by atoms with E-state index in [1.165, 1.54) is 19.4 Å². The number of aromatic nitrogens is 1. The van der Waals surface area contributed by atoms with Gasteiger partial charge in [0.1, 0.15) is 5.56 Å². The number of H-pyrrole nitrogens is 1. The van der Waals surface area contributed by atoms with E-state index in [9.17, 15) is 9.59 Å². The van der Waals surface area contributed by atoms with Crippen LogP contribution in [-0.4, -0.2) is 24.0 Å². The first-order chi connectivity index (χ1) is 10.7. The number of para-hydroxylation sites is 1. The van der Waals surface area contributed by atoms with Crippen LogP contribution in [0.25, 0.3) is 10.9 Å². The molecule has 112 valence electrons. The van der Waals surface area contributed by atoms with E-state index in [2.05, 4.69) is 9.72 Å². The largest absolute Gasteiger partial charge is 0.465 e. The number of furan rings is 1. The highest BCUT2D eigenvalue weighted by molar-refractivity contribution is 6.04. The van der Waals surface area contributed by atoms with Crippen molar-refractivity contribution in [2.75, 3.05) is 7.11 Å². The topological polar surface area (TPSA) is 81.5 Å². The molecular weight excluding hydrogens is 286 g/mol. The summed E-state index contributed by atoms with van der Waals surface area (Å²) < 4.78 is 15.0. The summed E-state index contributed by atoms with van der Waals surface area (Å²) in [4.78, 5) is 26.7. The first kappa shape index (κ1) is 13.9. The smallest absolute Gasteiger partial charge is 0.341 e. The zero-order valence-electron chi connectivity index (χ0n) is 11.8. The van der Waals surface area contributed by atoms with Crippen LogP contribution in [0.4, 0.5) is 0 Å². The lowest BCUT2D eigenvalue weighted by Gasteiger charge is -2.04. The Kier molecular flexibility index (Phi) is 3.65. The number of carbonyl (C=O) groups is 2. The van der Waals surface area contributed by atoms with Gasteiger partial charge in [-0.15, -0.1) is 0 Å². The molecule has 0 amide bonds. The van der Waals surface area contributed by atoms with Crippen molar-refractivity contribution in [1.82, 2.24) is 4.98 Å². The molecule has 0 unspecified atom stereocenters. The number of hydrogen-bond acceptors (Lipinski definition) is 5. The van der Waals surface area contributed by atoms with E-state index in [1.54, 1.807) is 6.20 Å². The van der Waals surface area contributed by atoms with E-state index in [-0.39, 0.29) is 17.9 Å². The zero-order chi connectivity index (χ0) is 15.5. The van der Waals surface area contributed by atoms with Gasteiger partial charge in [0.05, 0.1) is 18.9 Å². The molecule has 6 nitrogen and oxygen atoms in total. The van der Waals surface area contributed by atoms with Gasteiger partial charge in [-0.1, -0.05) is 18.2 Å². The van der Waals surface area contributed by atoms with Gasteiger partial charge in [-0.3, -0.25) is 0 Å². The summed E-state index contributed by atoms with van der Waals surface area (Å²) in [5.74, 6) is -0.781. The van der Waals surface area contributed by atoms with Gasteiger partial charge in [0.25, 0.3) is 0 Å². The second-order valence-corrected chi connectivity index (χ2v) is 4.57. The van der Waals surface area contributed by atoms with E-state index in [0.29, 0.717) is 5.56 Å². The van der Waals surface area contributed by atoms with Crippen molar-refractivity contribution in [3.63, 3.8) is 0 Å². The van der Waals surface area contributed by atoms with Crippen LogP contribution in [0.2, 0.25) is 0 Å². The summed E-state index contributed by atoms with van der Waals surface area (Å²) >= 11 is 0. The lowest BCUT2D eigenvalue weighted by atomic mass is 10.2. The summed E-state index contributed by atoms with van der Waals surface area (Å²) in [6.07, 6.45) is 2.94. The zero-order valence-corrected chi connectivity index (χ0v) is 11.8.